The standard InChI is InChI=1S/C6H11NOS/c1-3-5-4-8-6(9)7(5)2/h5H,3-4H2,1-2H3. The van der Waals surface area contributed by atoms with Crippen molar-refractivity contribution in [2.45, 2.75) is 19.4 Å². The summed E-state index contributed by atoms with van der Waals surface area (Å²) in [6, 6.07) is 0.512. The van der Waals surface area contributed by atoms with Crippen LogP contribution in [-0.2, 0) is 4.74 Å². The van der Waals surface area contributed by atoms with Crippen LogP contribution < -0.4 is 0 Å². The van der Waals surface area contributed by atoms with Gasteiger partial charge in [-0.05, 0) is 18.6 Å². The van der Waals surface area contributed by atoms with Gasteiger partial charge < -0.3 is 9.64 Å². The summed E-state index contributed by atoms with van der Waals surface area (Å²) in [6.45, 7) is 2.91. The van der Waals surface area contributed by atoms with Crippen LogP contribution in [0.4, 0.5) is 0 Å². The monoisotopic (exact) mass is 145 g/mol. The second-order valence-electron chi connectivity index (χ2n) is 2.25. The first-order valence-electron chi connectivity index (χ1n) is 3.15. The first kappa shape index (κ1) is 6.81. The molecule has 1 fully saturated rings. The molecule has 0 spiro atoms. The van der Waals surface area contributed by atoms with Gasteiger partial charge in [0.15, 0.2) is 0 Å². The van der Waals surface area contributed by atoms with E-state index in [0.29, 0.717) is 11.2 Å². The molecular weight excluding hydrogens is 134 g/mol. The van der Waals surface area contributed by atoms with Crippen LogP contribution in [0.3, 0.4) is 0 Å². The van der Waals surface area contributed by atoms with Gasteiger partial charge in [0.2, 0.25) is 0 Å². The van der Waals surface area contributed by atoms with E-state index in [0.717, 1.165) is 13.0 Å². The minimum Gasteiger partial charge on any atom is -0.469 e. The van der Waals surface area contributed by atoms with E-state index >= 15 is 0 Å². The van der Waals surface area contributed by atoms with Crippen LogP contribution in [0.5, 0.6) is 0 Å². The van der Waals surface area contributed by atoms with Crippen LogP contribution in [0.25, 0.3) is 0 Å². The summed E-state index contributed by atoms with van der Waals surface area (Å²) in [5, 5.41) is 0.641. The molecule has 1 rings (SSSR count). The Bertz CT molecular complexity index is 126. The molecule has 0 radical (unpaired) electrons. The van der Waals surface area contributed by atoms with Crippen molar-refractivity contribution in [3.63, 3.8) is 0 Å². The third kappa shape index (κ3) is 1.15. The molecule has 0 saturated carbocycles. The molecule has 9 heavy (non-hydrogen) atoms. The zero-order valence-electron chi connectivity index (χ0n) is 5.76. The zero-order chi connectivity index (χ0) is 6.85. The summed E-state index contributed by atoms with van der Waals surface area (Å²) in [7, 11) is 1.98. The number of ether oxygens (including phenoxy) is 1. The first-order valence-corrected chi connectivity index (χ1v) is 3.56. The highest BCUT2D eigenvalue weighted by molar-refractivity contribution is 7.80. The number of hydrogen-bond acceptors (Lipinski definition) is 2. The molecule has 1 heterocycles. The molecule has 52 valence electrons. The van der Waals surface area contributed by atoms with E-state index in [1.54, 1.807) is 0 Å². The molecule has 0 amide bonds. The van der Waals surface area contributed by atoms with Gasteiger partial charge in [0, 0.05) is 7.05 Å². The first-order chi connectivity index (χ1) is 4.25. The Morgan fingerprint density at radius 2 is 2.56 bits per heavy atom. The van der Waals surface area contributed by atoms with Gasteiger partial charge >= 0.3 is 0 Å². The maximum atomic E-state index is 5.13. The lowest BCUT2D eigenvalue weighted by Crippen LogP contribution is -2.28. The lowest BCUT2D eigenvalue weighted by molar-refractivity contribution is 0.316. The third-order valence-electron chi connectivity index (χ3n) is 1.71. The fraction of sp³-hybridized carbons (Fsp3) is 0.833. The quantitative estimate of drug-likeness (QED) is 0.511. The molecule has 0 aromatic heterocycles. The van der Waals surface area contributed by atoms with E-state index in [-0.39, 0.29) is 0 Å². The van der Waals surface area contributed by atoms with Gasteiger partial charge in [-0.15, -0.1) is 0 Å². The molecule has 1 aliphatic heterocycles. The number of rotatable bonds is 1. The molecule has 1 unspecified atom stereocenters. The van der Waals surface area contributed by atoms with E-state index < -0.39 is 0 Å². The van der Waals surface area contributed by atoms with Gasteiger partial charge in [0.1, 0.15) is 6.61 Å². The summed E-state index contributed by atoms with van der Waals surface area (Å²) in [6.07, 6.45) is 1.11. The predicted octanol–water partition coefficient (Wildman–Crippen LogP) is 1.01. The molecule has 3 heteroatoms. The summed E-state index contributed by atoms with van der Waals surface area (Å²) in [5.74, 6) is 0. The normalized spacial score (nSPS) is 26.7. The van der Waals surface area contributed by atoms with Crippen LogP contribution in [0.1, 0.15) is 13.3 Å². The summed E-state index contributed by atoms with van der Waals surface area (Å²) in [5.41, 5.74) is 0. The lowest BCUT2D eigenvalue weighted by Gasteiger charge is -2.14. The highest BCUT2D eigenvalue weighted by atomic mass is 32.1. The van der Waals surface area contributed by atoms with E-state index in [2.05, 4.69) is 6.92 Å². The van der Waals surface area contributed by atoms with Crippen LogP contribution in [0.15, 0.2) is 0 Å². The van der Waals surface area contributed by atoms with Gasteiger partial charge in [0.25, 0.3) is 5.17 Å². The maximum Gasteiger partial charge on any atom is 0.259 e. The summed E-state index contributed by atoms with van der Waals surface area (Å²) >= 11 is 4.89. The Balaban J connectivity index is 2.51. The zero-order valence-corrected chi connectivity index (χ0v) is 6.57. The fourth-order valence-electron chi connectivity index (χ4n) is 0.922. The average Bonchev–Trinajstić information content (AvgIpc) is 2.15. The second kappa shape index (κ2) is 2.52. The number of likely N-dealkylation sites (N-methyl/N-ethyl adjacent to an activating group) is 1. The van der Waals surface area contributed by atoms with Crippen LogP contribution in [-0.4, -0.2) is 29.8 Å². The van der Waals surface area contributed by atoms with Gasteiger partial charge in [-0.1, -0.05) is 6.92 Å². The lowest BCUT2D eigenvalue weighted by atomic mass is 10.2. The van der Waals surface area contributed by atoms with Gasteiger partial charge in [-0.3, -0.25) is 0 Å². The molecule has 0 N–H and O–H groups in total. The fourth-order valence-corrected chi connectivity index (χ4v) is 1.14. The van der Waals surface area contributed by atoms with E-state index in [1.807, 2.05) is 11.9 Å². The smallest absolute Gasteiger partial charge is 0.259 e. The molecule has 1 saturated heterocycles. The molecule has 0 bridgehead atoms. The van der Waals surface area contributed by atoms with Crippen molar-refractivity contribution in [3.05, 3.63) is 0 Å². The number of nitrogens with zero attached hydrogens (tertiary/aromatic N) is 1. The highest BCUT2D eigenvalue weighted by Crippen LogP contribution is 2.11. The molecule has 0 aromatic carbocycles. The largest absolute Gasteiger partial charge is 0.469 e. The van der Waals surface area contributed by atoms with Crippen molar-refractivity contribution in [3.8, 4) is 0 Å². The van der Waals surface area contributed by atoms with E-state index in [4.69, 9.17) is 17.0 Å². The van der Waals surface area contributed by atoms with Gasteiger partial charge in [0.05, 0.1) is 6.04 Å². The molecular formula is C6H11NOS. The van der Waals surface area contributed by atoms with Crippen molar-refractivity contribution in [2.75, 3.05) is 13.7 Å². The van der Waals surface area contributed by atoms with Gasteiger partial charge in [-0.2, -0.15) is 0 Å². The SMILES string of the molecule is CCC1COC(=S)N1C. The van der Waals surface area contributed by atoms with Crippen molar-refractivity contribution >= 4 is 17.4 Å². The Hall–Kier alpha value is -0.310. The molecule has 0 aliphatic carbocycles. The van der Waals surface area contributed by atoms with E-state index in [9.17, 15) is 0 Å². The van der Waals surface area contributed by atoms with Crippen LogP contribution in [0.2, 0.25) is 0 Å². The molecule has 1 aliphatic rings. The molecule has 1 atom stereocenters. The predicted molar refractivity (Wildman–Crippen MR) is 40.4 cm³/mol. The Morgan fingerprint density at radius 1 is 1.89 bits per heavy atom. The molecule has 2 nitrogen and oxygen atoms in total. The van der Waals surface area contributed by atoms with Crippen molar-refractivity contribution < 1.29 is 4.74 Å². The minimum absolute atomic E-state index is 0.512. The number of thiocarbonyl (C=S) groups is 1. The topological polar surface area (TPSA) is 12.5 Å². The molecule has 0 aromatic rings. The van der Waals surface area contributed by atoms with Gasteiger partial charge in [-0.25, -0.2) is 0 Å². The highest BCUT2D eigenvalue weighted by Gasteiger charge is 2.23. The summed E-state index contributed by atoms with van der Waals surface area (Å²) < 4.78 is 5.13. The van der Waals surface area contributed by atoms with Crippen LogP contribution >= 0.6 is 12.2 Å². The minimum atomic E-state index is 0.512. The van der Waals surface area contributed by atoms with E-state index in [1.165, 1.54) is 0 Å². The Labute approximate surface area is 60.8 Å². The Morgan fingerprint density at radius 3 is 2.78 bits per heavy atom. The number of hydrogen-bond donors (Lipinski definition) is 0. The summed E-state index contributed by atoms with van der Waals surface area (Å²) in [4.78, 5) is 2.01. The van der Waals surface area contributed by atoms with Crippen LogP contribution in [0, 0.1) is 0 Å². The third-order valence-corrected chi connectivity index (χ3v) is 2.11. The average molecular weight is 145 g/mol. The van der Waals surface area contributed by atoms with Crippen molar-refractivity contribution in [1.82, 2.24) is 4.90 Å². The second-order valence-corrected chi connectivity index (χ2v) is 2.60. The van der Waals surface area contributed by atoms with Crippen molar-refractivity contribution in [2.24, 2.45) is 0 Å². The van der Waals surface area contributed by atoms with Crippen molar-refractivity contribution in [1.29, 1.82) is 0 Å². The maximum absolute atomic E-state index is 5.13. The Kier molecular flexibility index (Phi) is 1.90.